The molecule has 0 spiro atoms. The molecule has 124 valence electrons. The molecule has 7 nitrogen and oxygen atoms in total. The number of aryl methyl sites for hydroxylation is 1. The third-order valence-corrected chi connectivity index (χ3v) is 4.45. The third-order valence-electron chi connectivity index (χ3n) is 3.45. The van der Waals surface area contributed by atoms with E-state index in [4.69, 9.17) is 0 Å². The Morgan fingerprint density at radius 3 is 2.75 bits per heavy atom. The molecular weight excluding hydrogens is 324 g/mol. The average molecular weight is 342 g/mol. The van der Waals surface area contributed by atoms with Crippen molar-refractivity contribution < 1.29 is 4.79 Å². The zero-order chi connectivity index (χ0) is 16.9. The highest BCUT2D eigenvalue weighted by molar-refractivity contribution is 7.11. The van der Waals surface area contributed by atoms with E-state index in [2.05, 4.69) is 26.2 Å². The molecule has 0 aliphatic rings. The van der Waals surface area contributed by atoms with E-state index < -0.39 is 0 Å². The molecule has 0 saturated heterocycles. The van der Waals surface area contributed by atoms with Gasteiger partial charge in [-0.15, -0.1) is 16.4 Å². The summed E-state index contributed by atoms with van der Waals surface area (Å²) in [5.41, 5.74) is 0.848. The maximum Gasteiger partial charge on any atom is 0.315 e. The summed E-state index contributed by atoms with van der Waals surface area (Å²) >= 11 is 1.67. The molecule has 0 fully saturated rings. The van der Waals surface area contributed by atoms with Crippen LogP contribution in [0.1, 0.15) is 28.5 Å². The molecule has 0 radical (unpaired) electrons. The van der Waals surface area contributed by atoms with E-state index in [-0.39, 0.29) is 12.1 Å². The fraction of sp³-hybridized carbons (Fsp3) is 0.250. The number of nitrogens with zero attached hydrogens (tertiary/aromatic N) is 4. The number of urea groups is 1. The number of thiophene rings is 1. The smallest absolute Gasteiger partial charge is 0.315 e. The Kier molecular flexibility index (Phi) is 4.85. The predicted molar refractivity (Wildman–Crippen MR) is 92.0 cm³/mol. The molecule has 2 N–H and O–H groups in total. The monoisotopic (exact) mass is 342 g/mol. The molecule has 1 atom stereocenters. The van der Waals surface area contributed by atoms with Crippen molar-refractivity contribution in [2.75, 3.05) is 0 Å². The lowest BCUT2D eigenvalue weighted by atomic mass is 10.3. The topological polar surface area (TPSA) is 84.7 Å². The molecule has 0 aliphatic heterocycles. The molecule has 1 aromatic carbocycles. The Labute approximate surface area is 143 Å². The summed E-state index contributed by atoms with van der Waals surface area (Å²) < 4.78 is 1.62. The number of hydrogen-bond acceptors (Lipinski definition) is 5. The quantitative estimate of drug-likeness (QED) is 0.746. The van der Waals surface area contributed by atoms with Crippen LogP contribution in [0.5, 0.6) is 0 Å². The maximum atomic E-state index is 12.1. The average Bonchev–Trinajstić information content (AvgIpc) is 3.22. The largest absolute Gasteiger partial charge is 0.333 e. The lowest BCUT2D eigenvalue weighted by molar-refractivity contribution is 0.237. The second-order valence-corrected chi connectivity index (χ2v) is 6.72. The summed E-state index contributed by atoms with van der Waals surface area (Å²) in [6.45, 7) is 4.39. The van der Waals surface area contributed by atoms with Crippen molar-refractivity contribution >= 4 is 17.4 Å². The van der Waals surface area contributed by atoms with Gasteiger partial charge < -0.3 is 10.6 Å². The molecule has 0 saturated carbocycles. The van der Waals surface area contributed by atoms with E-state index in [0.29, 0.717) is 12.4 Å². The molecule has 8 heteroatoms. The molecular formula is C16H18N6OS. The number of aromatic nitrogens is 4. The first-order valence-electron chi connectivity index (χ1n) is 7.57. The normalized spacial score (nSPS) is 11.9. The van der Waals surface area contributed by atoms with Gasteiger partial charge >= 0.3 is 6.03 Å². The van der Waals surface area contributed by atoms with Crippen LogP contribution in [0, 0.1) is 6.92 Å². The standard InChI is InChI=1S/C16H18N6OS/c1-11-8-9-14(24-11)10-17-16(23)18-12(2)15-19-20-21-22(15)13-6-4-3-5-7-13/h3-9,12H,10H2,1-2H3,(H2,17,18,23). The molecule has 3 aromatic rings. The minimum absolute atomic E-state index is 0.254. The van der Waals surface area contributed by atoms with Gasteiger partial charge in [-0.2, -0.15) is 4.68 Å². The van der Waals surface area contributed by atoms with Crippen LogP contribution in [0.4, 0.5) is 4.79 Å². The number of tetrazole rings is 1. The van der Waals surface area contributed by atoms with Gasteiger partial charge in [-0.25, -0.2) is 4.79 Å². The highest BCUT2D eigenvalue weighted by Crippen LogP contribution is 2.15. The van der Waals surface area contributed by atoms with Gasteiger partial charge in [-0.1, -0.05) is 18.2 Å². The molecule has 2 heterocycles. The van der Waals surface area contributed by atoms with Crippen LogP contribution in [-0.2, 0) is 6.54 Å². The minimum atomic E-state index is -0.328. The summed E-state index contributed by atoms with van der Waals surface area (Å²) in [7, 11) is 0. The highest BCUT2D eigenvalue weighted by Gasteiger charge is 2.17. The zero-order valence-corrected chi connectivity index (χ0v) is 14.2. The van der Waals surface area contributed by atoms with Crippen molar-refractivity contribution in [3.05, 3.63) is 58.0 Å². The Bertz CT molecular complexity index is 813. The molecule has 2 amide bonds. The highest BCUT2D eigenvalue weighted by atomic mass is 32.1. The van der Waals surface area contributed by atoms with Gasteiger partial charge in [0.15, 0.2) is 5.82 Å². The zero-order valence-electron chi connectivity index (χ0n) is 13.4. The summed E-state index contributed by atoms with van der Waals surface area (Å²) in [6.07, 6.45) is 0. The summed E-state index contributed by atoms with van der Waals surface area (Å²) in [6, 6.07) is 13.0. The third kappa shape index (κ3) is 3.77. The Hall–Kier alpha value is -2.74. The van der Waals surface area contributed by atoms with Crippen LogP contribution in [0.2, 0.25) is 0 Å². The Balaban J connectivity index is 1.62. The van der Waals surface area contributed by atoms with E-state index in [1.165, 1.54) is 4.88 Å². The summed E-state index contributed by atoms with van der Waals surface area (Å²) in [5.74, 6) is 0.573. The number of rotatable bonds is 5. The van der Waals surface area contributed by atoms with E-state index >= 15 is 0 Å². The molecule has 3 rings (SSSR count). The minimum Gasteiger partial charge on any atom is -0.333 e. The Morgan fingerprint density at radius 2 is 2.04 bits per heavy atom. The van der Waals surface area contributed by atoms with Crippen molar-refractivity contribution in [2.24, 2.45) is 0 Å². The number of nitrogens with one attached hydrogen (secondary N) is 2. The van der Waals surface area contributed by atoms with Gasteiger partial charge in [0.2, 0.25) is 0 Å². The van der Waals surface area contributed by atoms with Crippen LogP contribution < -0.4 is 10.6 Å². The number of carbonyl (C=O) groups excluding carboxylic acids is 1. The van der Waals surface area contributed by atoms with Gasteiger partial charge in [-0.05, 0) is 48.5 Å². The van der Waals surface area contributed by atoms with Crippen molar-refractivity contribution in [2.45, 2.75) is 26.4 Å². The fourth-order valence-corrected chi connectivity index (χ4v) is 3.11. The second-order valence-electron chi connectivity index (χ2n) is 5.35. The SMILES string of the molecule is Cc1ccc(CNC(=O)NC(C)c2nnnn2-c2ccccc2)s1. The van der Waals surface area contributed by atoms with Crippen LogP contribution in [-0.4, -0.2) is 26.2 Å². The molecule has 1 unspecified atom stereocenters. The van der Waals surface area contributed by atoms with E-state index in [1.807, 2.05) is 56.3 Å². The van der Waals surface area contributed by atoms with Crippen molar-refractivity contribution in [3.8, 4) is 5.69 Å². The lowest BCUT2D eigenvalue weighted by Gasteiger charge is -2.14. The Morgan fingerprint density at radius 1 is 1.25 bits per heavy atom. The van der Waals surface area contributed by atoms with E-state index in [9.17, 15) is 4.79 Å². The van der Waals surface area contributed by atoms with E-state index in [0.717, 1.165) is 10.6 Å². The van der Waals surface area contributed by atoms with Crippen molar-refractivity contribution in [3.63, 3.8) is 0 Å². The van der Waals surface area contributed by atoms with Gasteiger partial charge in [0.05, 0.1) is 18.3 Å². The molecule has 0 aliphatic carbocycles. The van der Waals surface area contributed by atoms with Gasteiger partial charge in [0.1, 0.15) is 0 Å². The van der Waals surface area contributed by atoms with Crippen LogP contribution >= 0.6 is 11.3 Å². The van der Waals surface area contributed by atoms with Crippen LogP contribution in [0.3, 0.4) is 0 Å². The first kappa shape index (κ1) is 16.1. The number of amides is 2. The van der Waals surface area contributed by atoms with Crippen LogP contribution in [0.15, 0.2) is 42.5 Å². The predicted octanol–water partition coefficient (Wildman–Crippen LogP) is 2.59. The van der Waals surface area contributed by atoms with Gasteiger partial charge in [0, 0.05) is 9.75 Å². The lowest BCUT2D eigenvalue weighted by Crippen LogP contribution is -2.37. The molecule has 24 heavy (non-hydrogen) atoms. The number of carbonyl (C=O) groups is 1. The fourth-order valence-electron chi connectivity index (χ4n) is 2.28. The first-order valence-corrected chi connectivity index (χ1v) is 8.38. The first-order chi connectivity index (χ1) is 11.6. The summed E-state index contributed by atoms with van der Waals surface area (Å²) in [5, 5.41) is 17.4. The maximum absolute atomic E-state index is 12.1. The van der Waals surface area contributed by atoms with Crippen LogP contribution in [0.25, 0.3) is 5.69 Å². The van der Waals surface area contributed by atoms with Gasteiger partial charge in [0.25, 0.3) is 0 Å². The molecule has 0 bridgehead atoms. The molecule has 2 aromatic heterocycles. The summed E-state index contributed by atoms with van der Waals surface area (Å²) in [4.78, 5) is 14.4. The van der Waals surface area contributed by atoms with Crippen molar-refractivity contribution in [1.29, 1.82) is 0 Å². The number of hydrogen-bond donors (Lipinski definition) is 2. The second kappa shape index (κ2) is 7.22. The van der Waals surface area contributed by atoms with Gasteiger partial charge in [-0.3, -0.25) is 0 Å². The van der Waals surface area contributed by atoms with E-state index in [1.54, 1.807) is 16.0 Å². The van der Waals surface area contributed by atoms with Crippen molar-refractivity contribution in [1.82, 2.24) is 30.8 Å². The number of benzene rings is 1. The number of para-hydroxylation sites is 1.